The first kappa shape index (κ1) is 18.7. The summed E-state index contributed by atoms with van der Waals surface area (Å²) in [6.07, 6.45) is 3.19. The van der Waals surface area contributed by atoms with Crippen LogP contribution in [0, 0.1) is 0 Å². The van der Waals surface area contributed by atoms with Gasteiger partial charge in [0.05, 0.1) is 17.3 Å². The Morgan fingerprint density at radius 2 is 1.92 bits per heavy atom. The molecule has 6 heteroatoms. The summed E-state index contributed by atoms with van der Waals surface area (Å²) >= 11 is 6.04. The molecule has 0 bridgehead atoms. The minimum atomic E-state index is -0.311. The number of aryl methyl sites for hydroxylation is 1. The number of nitrogens with one attached hydrogen (secondary N) is 3. The average Bonchev–Trinajstić information content (AvgIpc) is 3.15. The highest BCUT2D eigenvalue weighted by Crippen LogP contribution is 2.20. The van der Waals surface area contributed by atoms with Crippen LogP contribution in [-0.4, -0.2) is 31.8 Å². The smallest absolute Gasteiger partial charge is 0.323 e. The van der Waals surface area contributed by atoms with Crippen LogP contribution < -0.4 is 16.0 Å². The standard InChI is InChI=1S/C20H24ClN3O2/c21-18-5-1-2-6-19(18)24-20(25)23-16-9-7-15(8-10-16)4-3-12-22-17-11-13-26-14-17/h1-2,5-10,17,22H,3-4,11-14H2,(H2,23,24,25)/t17-/m1/s1. The molecule has 3 rings (SSSR count). The van der Waals surface area contributed by atoms with E-state index < -0.39 is 0 Å². The van der Waals surface area contributed by atoms with Crippen LogP contribution in [-0.2, 0) is 11.2 Å². The molecule has 0 aromatic heterocycles. The Bertz CT molecular complexity index is 715. The SMILES string of the molecule is O=C(Nc1ccc(CCCN[C@@H]2CCOC2)cc1)Nc1ccccc1Cl. The maximum atomic E-state index is 12.1. The lowest BCUT2D eigenvalue weighted by Crippen LogP contribution is -2.30. The molecular formula is C20H24ClN3O2. The highest BCUT2D eigenvalue weighted by Gasteiger charge is 2.13. The number of anilines is 2. The minimum absolute atomic E-state index is 0.311. The molecule has 3 N–H and O–H groups in total. The highest BCUT2D eigenvalue weighted by atomic mass is 35.5. The predicted molar refractivity (Wildman–Crippen MR) is 106 cm³/mol. The van der Waals surface area contributed by atoms with E-state index in [1.165, 1.54) is 5.56 Å². The number of urea groups is 1. The molecule has 1 heterocycles. The fourth-order valence-corrected chi connectivity index (χ4v) is 3.08. The molecule has 1 aliphatic rings. The largest absolute Gasteiger partial charge is 0.380 e. The fraction of sp³-hybridized carbons (Fsp3) is 0.350. The van der Waals surface area contributed by atoms with E-state index in [9.17, 15) is 4.79 Å². The number of carbonyl (C=O) groups excluding carboxylic acids is 1. The Kier molecular flexibility index (Phi) is 6.89. The summed E-state index contributed by atoms with van der Waals surface area (Å²) < 4.78 is 5.35. The Morgan fingerprint density at radius 1 is 1.12 bits per heavy atom. The van der Waals surface area contributed by atoms with E-state index in [0.717, 1.165) is 44.7 Å². The van der Waals surface area contributed by atoms with Crippen LogP contribution in [0.15, 0.2) is 48.5 Å². The van der Waals surface area contributed by atoms with Gasteiger partial charge in [-0.1, -0.05) is 35.9 Å². The van der Waals surface area contributed by atoms with E-state index in [4.69, 9.17) is 16.3 Å². The summed E-state index contributed by atoms with van der Waals surface area (Å²) in [7, 11) is 0. The van der Waals surface area contributed by atoms with Crippen molar-refractivity contribution >= 4 is 29.0 Å². The summed E-state index contributed by atoms with van der Waals surface area (Å²) in [6, 6.07) is 15.3. The van der Waals surface area contributed by atoms with Crippen molar-refractivity contribution in [1.29, 1.82) is 0 Å². The Labute approximate surface area is 159 Å². The van der Waals surface area contributed by atoms with Gasteiger partial charge in [-0.15, -0.1) is 0 Å². The van der Waals surface area contributed by atoms with Gasteiger partial charge in [0.25, 0.3) is 0 Å². The first-order valence-electron chi connectivity index (χ1n) is 8.93. The number of rotatable bonds is 7. The number of ether oxygens (including phenoxy) is 1. The van der Waals surface area contributed by atoms with Crippen molar-refractivity contribution in [2.45, 2.75) is 25.3 Å². The number of hydrogen-bond acceptors (Lipinski definition) is 3. The zero-order valence-corrected chi connectivity index (χ0v) is 15.4. The van der Waals surface area contributed by atoms with Gasteiger partial charge in [0.2, 0.25) is 0 Å². The molecule has 0 radical (unpaired) electrons. The highest BCUT2D eigenvalue weighted by molar-refractivity contribution is 6.33. The quantitative estimate of drug-likeness (QED) is 0.634. The number of carbonyl (C=O) groups is 1. The van der Waals surface area contributed by atoms with Crippen LogP contribution >= 0.6 is 11.6 Å². The second kappa shape index (κ2) is 9.57. The van der Waals surface area contributed by atoms with Crippen molar-refractivity contribution in [1.82, 2.24) is 5.32 Å². The van der Waals surface area contributed by atoms with Gasteiger partial charge in [0, 0.05) is 18.3 Å². The van der Waals surface area contributed by atoms with E-state index in [1.807, 2.05) is 36.4 Å². The topological polar surface area (TPSA) is 62.4 Å². The van der Waals surface area contributed by atoms with Crippen molar-refractivity contribution in [3.63, 3.8) is 0 Å². The zero-order valence-electron chi connectivity index (χ0n) is 14.6. The third kappa shape index (κ3) is 5.73. The molecular weight excluding hydrogens is 350 g/mol. The van der Waals surface area contributed by atoms with E-state index >= 15 is 0 Å². The van der Waals surface area contributed by atoms with Crippen molar-refractivity contribution in [2.75, 3.05) is 30.4 Å². The third-order valence-corrected chi connectivity index (χ3v) is 4.67. The molecule has 0 spiro atoms. The average molecular weight is 374 g/mol. The van der Waals surface area contributed by atoms with Gasteiger partial charge in [0.1, 0.15) is 0 Å². The number of amides is 2. The second-order valence-corrected chi connectivity index (χ2v) is 6.78. The van der Waals surface area contributed by atoms with Gasteiger partial charge in [-0.25, -0.2) is 4.79 Å². The van der Waals surface area contributed by atoms with Crippen LogP contribution in [0.4, 0.5) is 16.2 Å². The summed E-state index contributed by atoms with van der Waals surface area (Å²) in [4.78, 5) is 12.1. The minimum Gasteiger partial charge on any atom is -0.380 e. The first-order chi connectivity index (χ1) is 12.7. The molecule has 5 nitrogen and oxygen atoms in total. The molecule has 1 saturated heterocycles. The normalized spacial score (nSPS) is 16.4. The van der Waals surface area contributed by atoms with E-state index in [-0.39, 0.29) is 6.03 Å². The van der Waals surface area contributed by atoms with Crippen LogP contribution in [0.5, 0.6) is 0 Å². The van der Waals surface area contributed by atoms with Crippen molar-refractivity contribution in [2.24, 2.45) is 0 Å². The number of benzene rings is 2. The molecule has 1 aliphatic heterocycles. The van der Waals surface area contributed by atoms with Crippen molar-refractivity contribution in [3.05, 3.63) is 59.1 Å². The van der Waals surface area contributed by atoms with Crippen LogP contribution in [0.1, 0.15) is 18.4 Å². The molecule has 138 valence electrons. The van der Waals surface area contributed by atoms with E-state index in [1.54, 1.807) is 12.1 Å². The summed E-state index contributed by atoms with van der Waals surface area (Å²) in [5.41, 5.74) is 2.59. The van der Waals surface area contributed by atoms with Gasteiger partial charge >= 0.3 is 6.03 Å². The predicted octanol–water partition coefficient (Wildman–Crippen LogP) is 4.30. The molecule has 0 unspecified atom stereocenters. The lowest BCUT2D eigenvalue weighted by atomic mass is 10.1. The fourth-order valence-electron chi connectivity index (χ4n) is 2.90. The molecule has 26 heavy (non-hydrogen) atoms. The molecule has 2 aromatic carbocycles. The molecule has 2 aromatic rings. The molecule has 1 atom stereocenters. The summed E-state index contributed by atoms with van der Waals surface area (Å²) in [5, 5.41) is 9.58. The van der Waals surface area contributed by atoms with Gasteiger partial charge < -0.3 is 20.7 Å². The Balaban J connectivity index is 1.40. The van der Waals surface area contributed by atoms with Crippen molar-refractivity contribution in [3.8, 4) is 0 Å². The lowest BCUT2D eigenvalue weighted by molar-refractivity contribution is 0.190. The summed E-state index contributed by atoms with van der Waals surface area (Å²) in [6.45, 7) is 2.70. The zero-order chi connectivity index (χ0) is 18.2. The van der Waals surface area contributed by atoms with Crippen LogP contribution in [0.25, 0.3) is 0 Å². The van der Waals surface area contributed by atoms with Gasteiger partial charge in [-0.05, 0) is 55.6 Å². The third-order valence-electron chi connectivity index (χ3n) is 4.34. The lowest BCUT2D eigenvalue weighted by Gasteiger charge is -2.11. The maximum Gasteiger partial charge on any atom is 0.323 e. The number of hydrogen-bond donors (Lipinski definition) is 3. The molecule has 0 saturated carbocycles. The monoisotopic (exact) mass is 373 g/mol. The number of halogens is 1. The Morgan fingerprint density at radius 3 is 2.65 bits per heavy atom. The van der Waals surface area contributed by atoms with E-state index in [0.29, 0.717) is 16.8 Å². The second-order valence-electron chi connectivity index (χ2n) is 6.37. The van der Waals surface area contributed by atoms with Gasteiger partial charge in [-0.3, -0.25) is 0 Å². The van der Waals surface area contributed by atoms with E-state index in [2.05, 4.69) is 16.0 Å². The Hall–Kier alpha value is -2.08. The molecule has 1 fully saturated rings. The molecule has 0 aliphatic carbocycles. The van der Waals surface area contributed by atoms with Crippen LogP contribution in [0.2, 0.25) is 5.02 Å². The summed E-state index contributed by atoms with van der Waals surface area (Å²) in [5.74, 6) is 0. The maximum absolute atomic E-state index is 12.1. The van der Waals surface area contributed by atoms with Gasteiger partial charge in [-0.2, -0.15) is 0 Å². The van der Waals surface area contributed by atoms with Crippen LogP contribution in [0.3, 0.4) is 0 Å². The van der Waals surface area contributed by atoms with Gasteiger partial charge in [0.15, 0.2) is 0 Å². The number of para-hydroxylation sites is 1. The molecule has 2 amide bonds. The van der Waals surface area contributed by atoms with Crippen molar-refractivity contribution < 1.29 is 9.53 Å². The first-order valence-corrected chi connectivity index (χ1v) is 9.31.